The van der Waals surface area contributed by atoms with Crippen molar-refractivity contribution in [2.45, 2.75) is 33.2 Å². The maximum atomic E-state index is 12.6. The monoisotopic (exact) mass is 316 g/mol. The lowest BCUT2D eigenvalue weighted by Gasteiger charge is -2.42. The molecule has 0 aliphatic carbocycles. The van der Waals surface area contributed by atoms with E-state index in [9.17, 15) is 4.79 Å². The summed E-state index contributed by atoms with van der Waals surface area (Å²) in [5.74, 6) is 0.00803. The van der Waals surface area contributed by atoms with E-state index in [2.05, 4.69) is 13.8 Å². The van der Waals surface area contributed by atoms with Crippen molar-refractivity contribution in [2.24, 2.45) is 11.1 Å². The van der Waals surface area contributed by atoms with E-state index in [1.54, 1.807) is 6.07 Å². The van der Waals surface area contributed by atoms with E-state index in [1.165, 1.54) is 0 Å². The lowest BCUT2D eigenvalue weighted by atomic mass is 9.79. The minimum Gasteiger partial charge on any atom is -0.338 e. The minimum atomic E-state index is -0.0514. The van der Waals surface area contributed by atoms with Gasteiger partial charge in [0.1, 0.15) is 0 Å². The van der Waals surface area contributed by atoms with E-state index < -0.39 is 0 Å². The first-order chi connectivity index (χ1) is 8.83. The molecule has 1 heterocycles. The fourth-order valence-corrected chi connectivity index (χ4v) is 2.74. The summed E-state index contributed by atoms with van der Waals surface area (Å²) in [6.07, 6.45) is 0.835. The minimum absolute atomic E-state index is 0. The van der Waals surface area contributed by atoms with Crippen LogP contribution in [0.15, 0.2) is 18.2 Å². The molecule has 2 rings (SSSR count). The van der Waals surface area contributed by atoms with Crippen LogP contribution in [0.3, 0.4) is 0 Å². The van der Waals surface area contributed by atoms with Gasteiger partial charge < -0.3 is 10.6 Å². The first kappa shape index (κ1) is 17.3. The van der Waals surface area contributed by atoms with Crippen molar-refractivity contribution >= 4 is 29.9 Å². The van der Waals surface area contributed by atoms with Gasteiger partial charge in [-0.05, 0) is 30.4 Å². The Kier molecular flexibility index (Phi) is 5.47. The predicted molar refractivity (Wildman–Crippen MR) is 85.7 cm³/mol. The van der Waals surface area contributed by atoms with Crippen LogP contribution in [0.25, 0.3) is 0 Å². The van der Waals surface area contributed by atoms with Crippen LogP contribution < -0.4 is 5.73 Å². The van der Waals surface area contributed by atoms with Crippen LogP contribution in [0.2, 0.25) is 5.02 Å². The van der Waals surface area contributed by atoms with Crippen LogP contribution >= 0.6 is 24.0 Å². The zero-order valence-electron chi connectivity index (χ0n) is 12.1. The number of hydrogen-bond acceptors (Lipinski definition) is 2. The summed E-state index contributed by atoms with van der Waals surface area (Å²) in [4.78, 5) is 14.4. The van der Waals surface area contributed by atoms with Gasteiger partial charge in [0.25, 0.3) is 5.91 Å². The molecule has 1 unspecified atom stereocenters. The van der Waals surface area contributed by atoms with E-state index >= 15 is 0 Å². The lowest BCUT2D eigenvalue weighted by Crippen LogP contribution is -2.54. The first-order valence-electron chi connectivity index (χ1n) is 6.63. The molecule has 0 aromatic heterocycles. The third-order valence-corrected chi connectivity index (χ3v) is 4.52. The summed E-state index contributed by atoms with van der Waals surface area (Å²) in [5, 5.41) is 0.556. The molecule has 0 radical (unpaired) electrons. The Bertz CT molecular complexity index is 503. The Morgan fingerprint density at radius 3 is 2.70 bits per heavy atom. The molecule has 1 aliphatic rings. The van der Waals surface area contributed by atoms with Gasteiger partial charge in [-0.3, -0.25) is 4.79 Å². The largest absolute Gasteiger partial charge is 0.338 e. The van der Waals surface area contributed by atoms with E-state index in [-0.39, 0.29) is 29.8 Å². The van der Waals surface area contributed by atoms with Crippen LogP contribution in [-0.2, 0) is 0 Å². The summed E-state index contributed by atoms with van der Waals surface area (Å²) in [6.45, 7) is 7.50. The number of carbonyl (C=O) groups is 1. The Morgan fingerprint density at radius 1 is 1.45 bits per heavy atom. The van der Waals surface area contributed by atoms with Gasteiger partial charge in [0.05, 0.1) is 10.6 Å². The third-order valence-electron chi connectivity index (χ3n) is 4.02. The summed E-state index contributed by atoms with van der Waals surface area (Å²) in [6, 6.07) is 5.72. The van der Waals surface area contributed by atoms with Crippen LogP contribution in [0.4, 0.5) is 0 Å². The molecule has 1 amide bonds. The molecule has 1 aromatic carbocycles. The molecule has 1 aliphatic heterocycles. The number of carbonyl (C=O) groups excluding carboxylic acids is 1. The average Bonchev–Trinajstić information content (AvgIpc) is 2.35. The highest BCUT2D eigenvalue weighted by molar-refractivity contribution is 6.34. The number of nitrogens with zero attached hydrogens (tertiary/aromatic N) is 1. The second kappa shape index (κ2) is 6.33. The zero-order valence-corrected chi connectivity index (χ0v) is 13.7. The van der Waals surface area contributed by atoms with Gasteiger partial charge in [-0.15, -0.1) is 12.4 Å². The molecule has 1 fully saturated rings. The highest BCUT2D eigenvalue weighted by Crippen LogP contribution is 2.30. The summed E-state index contributed by atoms with van der Waals surface area (Å²) in [7, 11) is 0. The fourth-order valence-electron chi connectivity index (χ4n) is 2.53. The molecule has 2 N–H and O–H groups in total. The summed E-state index contributed by atoms with van der Waals surface area (Å²) in [5.41, 5.74) is 7.57. The van der Waals surface area contributed by atoms with Gasteiger partial charge in [0.2, 0.25) is 0 Å². The van der Waals surface area contributed by atoms with Gasteiger partial charge in [-0.25, -0.2) is 0 Å². The normalized spacial score (nSPS) is 21.2. The number of aryl methyl sites for hydroxylation is 1. The lowest BCUT2D eigenvalue weighted by molar-refractivity contribution is 0.0533. The van der Waals surface area contributed by atoms with E-state index in [0.29, 0.717) is 23.7 Å². The van der Waals surface area contributed by atoms with E-state index in [4.69, 9.17) is 17.3 Å². The topological polar surface area (TPSA) is 46.3 Å². The standard InChI is InChI=1S/C15H21ClN2O.ClH/c1-10-5-4-6-11(13(10)16)14(19)18-8-7-12(17)15(2,3)9-18;/h4-6,12H,7-9,17H2,1-3H3;1H. The average molecular weight is 317 g/mol. The van der Waals surface area contributed by atoms with Crippen molar-refractivity contribution in [3.63, 3.8) is 0 Å². The van der Waals surface area contributed by atoms with Crippen LogP contribution in [0.1, 0.15) is 36.2 Å². The second-order valence-corrected chi connectivity index (χ2v) is 6.42. The van der Waals surface area contributed by atoms with Gasteiger partial charge in [0, 0.05) is 19.1 Å². The summed E-state index contributed by atoms with van der Waals surface area (Å²) >= 11 is 6.23. The quantitative estimate of drug-likeness (QED) is 0.864. The molecule has 0 bridgehead atoms. The first-order valence-corrected chi connectivity index (χ1v) is 7.00. The van der Waals surface area contributed by atoms with Gasteiger partial charge in [-0.1, -0.05) is 37.6 Å². The van der Waals surface area contributed by atoms with Crippen molar-refractivity contribution in [1.29, 1.82) is 0 Å². The van der Waals surface area contributed by atoms with Gasteiger partial charge >= 0.3 is 0 Å². The molecule has 1 atom stereocenters. The Morgan fingerprint density at radius 2 is 2.10 bits per heavy atom. The zero-order chi connectivity index (χ0) is 14.2. The molecule has 20 heavy (non-hydrogen) atoms. The van der Waals surface area contributed by atoms with Crippen molar-refractivity contribution in [2.75, 3.05) is 13.1 Å². The second-order valence-electron chi connectivity index (χ2n) is 6.05. The molecule has 0 spiro atoms. The van der Waals surface area contributed by atoms with Gasteiger partial charge in [0.15, 0.2) is 0 Å². The number of halogens is 2. The predicted octanol–water partition coefficient (Wildman–Crippen LogP) is 3.27. The maximum Gasteiger partial charge on any atom is 0.255 e. The SMILES string of the molecule is Cc1cccc(C(=O)N2CCC(N)C(C)(C)C2)c1Cl.Cl. The molecule has 0 saturated carbocycles. The molecule has 112 valence electrons. The molecule has 1 aromatic rings. The fraction of sp³-hybridized carbons (Fsp3) is 0.533. The highest BCUT2D eigenvalue weighted by atomic mass is 35.5. The number of nitrogens with two attached hydrogens (primary N) is 1. The molecule has 1 saturated heterocycles. The van der Waals surface area contributed by atoms with Crippen molar-refractivity contribution < 1.29 is 4.79 Å². The summed E-state index contributed by atoms with van der Waals surface area (Å²) < 4.78 is 0. The third kappa shape index (κ3) is 3.27. The molecule has 5 heteroatoms. The van der Waals surface area contributed by atoms with E-state index in [1.807, 2.05) is 24.0 Å². The van der Waals surface area contributed by atoms with Crippen molar-refractivity contribution in [3.8, 4) is 0 Å². The van der Waals surface area contributed by atoms with E-state index in [0.717, 1.165) is 12.0 Å². The Hall–Kier alpha value is -0.770. The number of hydrogen-bond donors (Lipinski definition) is 1. The van der Waals surface area contributed by atoms with Crippen LogP contribution in [-0.4, -0.2) is 29.9 Å². The molecule has 3 nitrogen and oxygen atoms in total. The number of amides is 1. The van der Waals surface area contributed by atoms with Crippen molar-refractivity contribution in [3.05, 3.63) is 34.3 Å². The molecular weight excluding hydrogens is 295 g/mol. The van der Waals surface area contributed by atoms with Crippen LogP contribution in [0.5, 0.6) is 0 Å². The Balaban J connectivity index is 0.00000200. The Labute approximate surface area is 131 Å². The smallest absolute Gasteiger partial charge is 0.255 e. The number of likely N-dealkylation sites (tertiary alicyclic amines) is 1. The maximum absolute atomic E-state index is 12.6. The van der Waals surface area contributed by atoms with Crippen molar-refractivity contribution in [1.82, 2.24) is 4.90 Å². The highest BCUT2D eigenvalue weighted by Gasteiger charge is 2.35. The van der Waals surface area contributed by atoms with Gasteiger partial charge in [-0.2, -0.15) is 0 Å². The number of benzene rings is 1. The molecular formula is C15H22Cl2N2O. The van der Waals surface area contributed by atoms with Crippen LogP contribution in [0, 0.1) is 12.3 Å². The number of rotatable bonds is 1. The number of piperidine rings is 1.